The average Bonchev–Trinajstić information content (AvgIpc) is 2.93. The topological polar surface area (TPSA) is 70.4 Å². The molecule has 2 aromatic rings. The van der Waals surface area contributed by atoms with E-state index < -0.39 is 0 Å². The number of hydrogen-bond acceptors (Lipinski definition) is 5. The van der Waals surface area contributed by atoms with Crippen LogP contribution in [0.1, 0.15) is 5.76 Å². The minimum Gasteiger partial charge on any atom is -0.369 e. The summed E-state index contributed by atoms with van der Waals surface area (Å²) in [5.74, 6) is 2.77. The second kappa shape index (κ2) is 7.14. The number of carbonyl (C=O) groups excluding carboxylic acids is 1. The minimum absolute atomic E-state index is 0.366. The standard InChI is InChI=1S/C15H17ClN4O2S/c1-10-13(9-17-22-10)19-15(21)18-11-2-3-14(12(16)8-11)20-4-6-23-7-5-20/h2-3,8-9H,4-7H2,1H3,(H2,18,19,21). The van der Waals surface area contributed by atoms with E-state index in [0.29, 0.717) is 22.2 Å². The molecule has 1 aliphatic heterocycles. The fraction of sp³-hybridized carbons (Fsp3) is 0.333. The van der Waals surface area contributed by atoms with E-state index >= 15 is 0 Å². The molecule has 1 aromatic carbocycles. The molecule has 0 saturated carbocycles. The summed E-state index contributed by atoms with van der Waals surface area (Å²) in [5.41, 5.74) is 2.18. The maximum Gasteiger partial charge on any atom is 0.323 e. The van der Waals surface area contributed by atoms with Gasteiger partial charge in [0, 0.05) is 30.3 Å². The van der Waals surface area contributed by atoms with Crippen molar-refractivity contribution in [3.05, 3.63) is 35.2 Å². The van der Waals surface area contributed by atoms with Crippen LogP contribution in [0, 0.1) is 6.92 Å². The van der Waals surface area contributed by atoms with Crippen molar-refractivity contribution in [1.29, 1.82) is 0 Å². The Morgan fingerprint density at radius 1 is 1.35 bits per heavy atom. The first kappa shape index (κ1) is 16.0. The average molecular weight is 353 g/mol. The summed E-state index contributed by atoms with van der Waals surface area (Å²) in [4.78, 5) is 14.2. The molecule has 8 heteroatoms. The molecule has 3 rings (SSSR count). The summed E-state index contributed by atoms with van der Waals surface area (Å²) in [7, 11) is 0. The lowest BCUT2D eigenvalue weighted by Crippen LogP contribution is -2.32. The van der Waals surface area contributed by atoms with Crippen LogP contribution >= 0.6 is 23.4 Å². The number of carbonyl (C=O) groups is 1. The van der Waals surface area contributed by atoms with Crippen molar-refractivity contribution in [2.24, 2.45) is 0 Å². The highest BCUT2D eigenvalue weighted by Crippen LogP contribution is 2.30. The second-order valence-corrected chi connectivity index (χ2v) is 6.77. The molecule has 2 amide bonds. The number of hydrogen-bond donors (Lipinski definition) is 2. The van der Waals surface area contributed by atoms with Gasteiger partial charge in [-0.25, -0.2) is 4.79 Å². The van der Waals surface area contributed by atoms with Crippen LogP contribution in [0.4, 0.5) is 21.9 Å². The SMILES string of the molecule is Cc1oncc1NC(=O)Nc1ccc(N2CCSCC2)c(Cl)c1. The van der Waals surface area contributed by atoms with Crippen molar-refractivity contribution in [3.8, 4) is 0 Å². The number of urea groups is 1. The molecule has 1 fully saturated rings. The van der Waals surface area contributed by atoms with Gasteiger partial charge in [0.15, 0.2) is 5.76 Å². The third-order valence-corrected chi connectivity index (χ3v) is 4.80. The van der Waals surface area contributed by atoms with Crippen molar-refractivity contribution in [2.75, 3.05) is 40.1 Å². The van der Waals surface area contributed by atoms with E-state index in [1.807, 2.05) is 23.9 Å². The number of aryl methyl sites for hydroxylation is 1. The minimum atomic E-state index is -0.366. The summed E-state index contributed by atoms with van der Waals surface area (Å²) in [6.45, 7) is 3.71. The molecule has 1 saturated heterocycles. The van der Waals surface area contributed by atoms with Gasteiger partial charge in [-0.05, 0) is 25.1 Å². The molecule has 0 bridgehead atoms. The number of aromatic nitrogens is 1. The summed E-state index contributed by atoms with van der Waals surface area (Å²) < 4.78 is 4.90. The lowest BCUT2D eigenvalue weighted by atomic mass is 10.2. The van der Waals surface area contributed by atoms with Crippen molar-refractivity contribution in [2.45, 2.75) is 6.92 Å². The highest BCUT2D eigenvalue weighted by molar-refractivity contribution is 7.99. The third-order valence-electron chi connectivity index (χ3n) is 3.56. The molecular weight excluding hydrogens is 336 g/mol. The number of rotatable bonds is 3. The molecule has 122 valence electrons. The summed E-state index contributed by atoms with van der Waals surface area (Å²) >= 11 is 8.32. The van der Waals surface area contributed by atoms with Crippen molar-refractivity contribution in [1.82, 2.24) is 5.16 Å². The third kappa shape index (κ3) is 3.92. The zero-order valence-corrected chi connectivity index (χ0v) is 14.2. The van der Waals surface area contributed by atoms with Gasteiger partial charge >= 0.3 is 6.03 Å². The van der Waals surface area contributed by atoms with E-state index in [2.05, 4.69) is 20.7 Å². The molecule has 23 heavy (non-hydrogen) atoms. The van der Waals surface area contributed by atoms with E-state index in [1.165, 1.54) is 6.20 Å². The van der Waals surface area contributed by atoms with Gasteiger partial charge in [-0.1, -0.05) is 16.8 Å². The molecule has 1 aliphatic rings. The van der Waals surface area contributed by atoms with Crippen LogP contribution in [-0.2, 0) is 0 Å². The van der Waals surface area contributed by atoms with E-state index in [4.69, 9.17) is 16.1 Å². The fourth-order valence-electron chi connectivity index (χ4n) is 2.35. The number of amides is 2. The van der Waals surface area contributed by atoms with E-state index in [-0.39, 0.29) is 6.03 Å². The van der Waals surface area contributed by atoms with Crippen molar-refractivity contribution >= 4 is 46.5 Å². The monoisotopic (exact) mass is 352 g/mol. The molecule has 2 heterocycles. The first-order chi connectivity index (χ1) is 11.1. The zero-order valence-electron chi connectivity index (χ0n) is 12.6. The van der Waals surface area contributed by atoms with Crippen LogP contribution in [0.2, 0.25) is 5.02 Å². The highest BCUT2D eigenvalue weighted by Gasteiger charge is 2.15. The van der Waals surface area contributed by atoms with E-state index in [1.54, 1.807) is 13.0 Å². The maximum atomic E-state index is 12.0. The quantitative estimate of drug-likeness (QED) is 0.878. The number of benzene rings is 1. The summed E-state index contributed by atoms with van der Waals surface area (Å²) in [5, 5.41) is 9.67. The lowest BCUT2D eigenvalue weighted by molar-refractivity contribution is 0.262. The number of nitrogens with zero attached hydrogens (tertiary/aromatic N) is 2. The maximum absolute atomic E-state index is 12.0. The lowest BCUT2D eigenvalue weighted by Gasteiger charge is -2.29. The highest BCUT2D eigenvalue weighted by atomic mass is 35.5. The summed E-state index contributed by atoms with van der Waals surface area (Å²) in [6, 6.07) is 5.19. The molecule has 0 aliphatic carbocycles. The molecular formula is C15H17ClN4O2S. The van der Waals surface area contributed by atoms with Crippen LogP contribution in [-0.4, -0.2) is 35.8 Å². The largest absolute Gasteiger partial charge is 0.369 e. The van der Waals surface area contributed by atoms with Gasteiger partial charge in [0.05, 0.1) is 16.9 Å². The smallest absolute Gasteiger partial charge is 0.323 e. The molecule has 0 spiro atoms. The Morgan fingerprint density at radius 3 is 2.78 bits per heavy atom. The number of anilines is 3. The first-order valence-corrected chi connectivity index (χ1v) is 8.78. The van der Waals surface area contributed by atoms with Gasteiger partial charge in [0.2, 0.25) is 0 Å². The van der Waals surface area contributed by atoms with Crippen molar-refractivity contribution in [3.63, 3.8) is 0 Å². The Morgan fingerprint density at radius 2 is 2.13 bits per heavy atom. The van der Waals surface area contributed by atoms with Gasteiger partial charge in [-0.3, -0.25) is 0 Å². The van der Waals surface area contributed by atoms with Crippen LogP contribution in [0.15, 0.2) is 28.9 Å². The molecule has 6 nitrogen and oxygen atoms in total. The predicted molar refractivity (Wildman–Crippen MR) is 94.9 cm³/mol. The molecule has 0 radical (unpaired) electrons. The molecule has 0 unspecified atom stereocenters. The normalized spacial score (nSPS) is 14.6. The fourth-order valence-corrected chi connectivity index (χ4v) is 3.55. The van der Waals surface area contributed by atoms with Gasteiger partial charge in [0.25, 0.3) is 0 Å². The number of halogens is 1. The predicted octanol–water partition coefficient (Wildman–Crippen LogP) is 3.83. The molecule has 2 N–H and O–H groups in total. The van der Waals surface area contributed by atoms with Crippen LogP contribution in [0.5, 0.6) is 0 Å². The molecule has 0 atom stereocenters. The van der Waals surface area contributed by atoms with Crippen LogP contribution in [0.3, 0.4) is 0 Å². The zero-order chi connectivity index (χ0) is 16.2. The first-order valence-electron chi connectivity index (χ1n) is 7.25. The number of nitrogens with one attached hydrogen (secondary N) is 2. The number of thioether (sulfide) groups is 1. The van der Waals surface area contributed by atoms with Gasteiger partial charge in [-0.2, -0.15) is 11.8 Å². The molecule has 1 aromatic heterocycles. The summed E-state index contributed by atoms with van der Waals surface area (Å²) in [6.07, 6.45) is 1.46. The Bertz CT molecular complexity index is 701. The van der Waals surface area contributed by atoms with E-state index in [9.17, 15) is 4.79 Å². The Hall–Kier alpha value is -1.86. The van der Waals surface area contributed by atoms with Gasteiger partial charge in [0.1, 0.15) is 5.69 Å². The second-order valence-electron chi connectivity index (χ2n) is 5.14. The van der Waals surface area contributed by atoms with E-state index in [0.717, 1.165) is 30.3 Å². The van der Waals surface area contributed by atoms with Crippen LogP contribution in [0.25, 0.3) is 0 Å². The van der Waals surface area contributed by atoms with Gasteiger partial charge < -0.3 is 20.1 Å². The Kier molecular flexibility index (Phi) is 4.97. The Labute approximate surface area is 143 Å². The Balaban J connectivity index is 1.65. The van der Waals surface area contributed by atoms with Crippen LogP contribution < -0.4 is 15.5 Å². The van der Waals surface area contributed by atoms with Crippen molar-refractivity contribution < 1.29 is 9.32 Å². The van der Waals surface area contributed by atoms with Gasteiger partial charge in [-0.15, -0.1) is 0 Å².